The standard InChI is InChI=1S/C22H25N5O2/c1-16(17-8-4-2-5-9-17)15-24-21(28)22-25-20(26-29-22)18-10-11-23-19(14-18)27-12-6-3-7-13-27/h2,4-5,8-11,14,16H,3,6-7,12-13,15H2,1H3,(H,24,28)/t16-/m0/s1. The molecule has 2 aromatic heterocycles. The van der Waals surface area contributed by atoms with Crippen molar-refractivity contribution in [1.82, 2.24) is 20.4 Å². The molecule has 150 valence electrons. The number of nitrogens with one attached hydrogen (secondary N) is 1. The van der Waals surface area contributed by atoms with E-state index in [0.717, 1.165) is 24.5 Å². The maximum atomic E-state index is 12.4. The van der Waals surface area contributed by atoms with Crippen molar-refractivity contribution in [3.8, 4) is 11.4 Å². The zero-order valence-electron chi connectivity index (χ0n) is 16.5. The summed E-state index contributed by atoms with van der Waals surface area (Å²) in [5.41, 5.74) is 1.96. The molecule has 1 saturated heterocycles. The van der Waals surface area contributed by atoms with E-state index in [1.807, 2.05) is 42.5 Å². The van der Waals surface area contributed by atoms with Crippen LogP contribution in [0, 0.1) is 0 Å². The van der Waals surface area contributed by atoms with E-state index in [1.165, 1.54) is 24.8 Å². The highest BCUT2D eigenvalue weighted by Crippen LogP contribution is 2.23. The van der Waals surface area contributed by atoms with Crippen LogP contribution in [0.3, 0.4) is 0 Å². The number of pyridine rings is 1. The highest BCUT2D eigenvalue weighted by atomic mass is 16.5. The zero-order valence-corrected chi connectivity index (χ0v) is 16.5. The van der Waals surface area contributed by atoms with Crippen molar-refractivity contribution in [2.45, 2.75) is 32.1 Å². The van der Waals surface area contributed by atoms with E-state index in [2.05, 4.69) is 32.3 Å². The molecule has 0 spiro atoms. The van der Waals surface area contributed by atoms with Gasteiger partial charge in [0.15, 0.2) is 0 Å². The van der Waals surface area contributed by atoms with Crippen LogP contribution >= 0.6 is 0 Å². The Morgan fingerprint density at radius 1 is 1.17 bits per heavy atom. The molecule has 29 heavy (non-hydrogen) atoms. The number of hydrogen-bond donors (Lipinski definition) is 1. The van der Waals surface area contributed by atoms with E-state index >= 15 is 0 Å². The molecule has 1 aromatic carbocycles. The Morgan fingerprint density at radius 2 is 1.97 bits per heavy atom. The smallest absolute Gasteiger partial charge is 0.316 e. The van der Waals surface area contributed by atoms with Gasteiger partial charge in [-0.05, 0) is 42.9 Å². The third-order valence-corrected chi connectivity index (χ3v) is 5.24. The van der Waals surface area contributed by atoms with E-state index in [0.29, 0.717) is 12.4 Å². The van der Waals surface area contributed by atoms with Crippen LogP contribution in [0.2, 0.25) is 0 Å². The average Bonchev–Trinajstić information content (AvgIpc) is 3.29. The molecule has 0 unspecified atom stereocenters. The van der Waals surface area contributed by atoms with Crippen molar-refractivity contribution < 1.29 is 9.32 Å². The molecule has 0 bridgehead atoms. The summed E-state index contributed by atoms with van der Waals surface area (Å²) in [6.45, 7) is 4.58. The van der Waals surface area contributed by atoms with Gasteiger partial charge in [-0.25, -0.2) is 4.98 Å². The Labute approximate surface area is 170 Å². The summed E-state index contributed by atoms with van der Waals surface area (Å²) in [4.78, 5) is 23.4. The molecule has 1 N–H and O–H groups in total. The fraction of sp³-hybridized carbons (Fsp3) is 0.364. The number of carbonyl (C=O) groups excluding carboxylic acids is 1. The van der Waals surface area contributed by atoms with E-state index in [9.17, 15) is 4.79 Å². The van der Waals surface area contributed by atoms with Crippen molar-refractivity contribution >= 4 is 11.7 Å². The molecule has 1 amide bonds. The third-order valence-electron chi connectivity index (χ3n) is 5.24. The first-order valence-electron chi connectivity index (χ1n) is 10.1. The topological polar surface area (TPSA) is 84.2 Å². The maximum absolute atomic E-state index is 12.4. The minimum atomic E-state index is -0.364. The summed E-state index contributed by atoms with van der Waals surface area (Å²) < 4.78 is 5.20. The van der Waals surface area contributed by atoms with Gasteiger partial charge in [-0.3, -0.25) is 4.79 Å². The highest BCUT2D eigenvalue weighted by molar-refractivity contribution is 5.89. The Hall–Kier alpha value is -3.22. The number of nitrogens with zero attached hydrogens (tertiary/aromatic N) is 4. The lowest BCUT2D eigenvalue weighted by atomic mass is 10.0. The van der Waals surface area contributed by atoms with Crippen LogP contribution in [-0.2, 0) is 0 Å². The van der Waals surface area contributed by atoms with E-state index in [4.69, 9.17) is 4.52 Å². The van der Waals surface area contributed by atoms with Gasteiger partial charge in [-0.2, -0.15) is 4.98 Å². The van der Waals surface area contributed by atoms with Gasteiger partial charge in [0.25, 0.3) is 0 Å². The monoisotopic (exact) mass is 391 g/mol. The number of benzene rings is 1. The van der Waals surface area contributed by atoms with Crippen LogP contribution in [0.5, 0.6) is 0 Å². The van der Waals surface area contributed by atoms with Gasteiger partial charge in [-0.1, -0.05) is 42.4 Å². The number of amides is 1. The zero-order chi connectivity index (χ0) is 20.1. The Kier molecular flexibility index (Phi) is 5.84. The number of piperidine rings is 1. The van der Waals surface area contributed by atoms with E-state index in [-0.39, 0.29) is 17.7 Å². The van der Waals surface area contributed by atoms with Crippen molar-refractivity contribution in [3.63, 3.8) is 0 Å². The summed E-state index contributed by atoms with van der Waals surface area (Å²) >= 11 is 0. The lowest BCUT2D eigenvalue weighted by molar-refractivity contribution is 0.0908. The third kappa shape index (κ3) is 4.62. The average molecular weight is 391 g/mol. The first kappa shape index (κ1) is 19.1. The summed E-state index contributed by atoms with van der Waals surface area (Å²) in [7, 11) is 0. The van der Waals surface area contributed by atoms with Crippen LogP contribution in [0.15, 0.2) is 53.2 Å². The van der Waals surface area contributed by atoms with Gasteiger partial charge in [0.2, 0.25) is 5.82 Å². The molecule has 3 heterocycles. The van der Waals surface area contributed by atoms with Crippen LogP contribution in [0.25, 0.3) is 11.4 Å². The van der Waals surface area contributed by atoms with Crippen molar-refractivity contribution in [2.75, 3.05) is 24.5 Å². The van der Waals surface area contributed by atoms with Crippen LogP contribution in [0.4, 0.5) is 5.82 Å². The quantitative estimate of drug-likeness (QED) is 0.690. The molecule has 0 aliphatic carbocycles. The van der Waals surface area contributed by atoms with E-state index < -0.39 is 0 Å². The van der Waals surface area contributed by atoms with Gasteiger partial charge >= 0.3 is 11.8 Å². The van der Waals surface area contributed by atoms with Crippen molar-refractivity contribution in [1.29, 1.82) is 0 Å². The van der Waals surface area contributed by atoms with Gasteiger partial charge in [0.05, 0.1) is 0 Å². The molecule has 0 radical (unpaired) electrons. The molecule has 0 saturated carbocycles. The molecule has 7 heteroatoms. The Balaban J connectivity index is 1.41. The van der Waals surface area contributed by atoms with Gasteiger partial charge in [0.1, 0.15) is 5.82 Å². The Morgan fingerprint density at radius 3 is 2.76 bits per heavy atom. The van der Waals surface area contributed by atoms with E-state index in [1.54, 1.807) is 6.20 Å². The largest absolute Gasteiger partial charge is 0.357 e. The fourth-order valence-electron chi connectivity index (χ4n) is 3.51. The summed E-state index contributed by atoms with van der Waals surface area (Å²) in [6, 6.07) is 13.8. The first-order valence-corrected chi connectivity index (χ1v) is 10.1. The van der Waals surface area contributed by atoms with Crippen LogP contribution in [0.1, 0.15) is 48.4 Å². The van der Waals surface area contributed by atoms with Gasteiger partial charge in [-0.15, -0.1) is 0 Å². The van der Waals surface area contributed by atoms with Gasteiger partial charge < -0.3 is 14.7 Å². The maximum Gasteiger partial charge on any atom is 0.316 e. The molecular formula is C22H25N5O2. The summed E-state index contributed by atoms with van der Waals surface area (Å²) in [5.74, 6) is 1.10. The molecule has 1 fully saturated rings. The molecule has 3 aromatic rings. The summed E-state index contributed by atoms with van der Waals surface area (Å²) in [5, 5.41) is 6.86. The van der Waals surface area contributed by atoms with Crippen molar-refractivity contribution in [2.24, 2.45) is 0 Å². The fourth-order valence-corrected chi connectivity index (χ4v) is 3.51. The SMILES string of the molecule is C[C@@H](CNC(=O)c1nc(-c2ccnc(N3CCCCC3)c2)no1)c1ccccc1. The second kappa shape index (κ2) is 8.86. The first-order chi connectivity index (χ1) is 14.2. The normalized spacial score (nSPS) is 15.1. The molecule has 1 aliphatic rings. The molecule has 1 aliphatic heterocycles. The second-order valence-corrected chi connectivity index (χ2v) is 7.40. The number of carbonyl (C=O) groups is 1. The second-order valence-electron chi connectivity index (χ2n) is 7.40. The number of hydrogen-bond acceptors (Lipinski definition) is 6. The molecule has 4 rings (SSSR count). The van der Waals surface area contributed by atoms with Crippen LogP contribution < -0.4 is 10.2 Å². The lowest BCUT2D eigenvalue weighted by Gasteiger charge is -2.27. The number of rotatable bonds is 6. The predicted octanol–water partition coefficient (Wildman–Crippen LogP) is 3.66. The minimum Gasteiger partial charge on any atom is -0.357 e. The van der Waals surface area contributed by atoms with Crippen LogP contribution in [-0.4, -0.2) is 40.7 Å². The predicted molar refractivity (Wildman–Crippen MR) is 111 cm³/mol. The minimum absolute atomic E-state index is 0.0309. The Bertz CT molecular complexity index is 951. The highest BCUT2D eigenvalue weighted by Gasteiger charge is 2.18. The summed E-state index contributed by atoms with van der Waals surface area (Å²) in [6.07, 6.45) is 5.37. The number of anilines is 1. The molecule has 7 nitrogen and oxygen atoms in total. The lowest BCUT2D eigenvalue weighted by Crippen LogP contribution is -2.30. The number of aromatic nitrogens is 3. The molecule has 1 atom stereocenters. The van der Waals surface area contributed by atoms with Crippen molar-refractivity contribution in [3.05, 3.63) is 60.1 Å². The molecular weight excluding hydrogens is 366 g/mol. The van der Waals surface area contributed by atoms with Gasteiger partial charge in [0, 0.05) is 31.4 Å².